The number of fused-ring (bicyclic) bond motifs is 2. The van der Waals surface area contributed by atoms with Crippen LogP contribution in [-0.4, -0.2) is 15.9 Å². The first-order valence-corrected chi connectivity index (χ1v) is 8.35. The fraction of sp³-hybridized carbons (Fsp3) is 0.200. The van der Waals surface area contributed by atoms with Gasteiger partial charge in [0, 0.05) is 34.8 Å². The van der Waals surface area contributed by atoms with Gasteiger partial charge in [0.05, 0.1) is 6.42 Å². The van der Waals surface area contributed by atoms with E-state index in [-0.39, 0.29) is 11.8 Å². The zero-order valence-electron chi connectivity index (χ0n) is 14.2. The van der Waals surface area contributed by atoms with Gasteiger partial charge in [0.2, 0.25) is 5.91 Å². The summed E-state index contributed by atoms with van der Waals surface area (Å²) in [5.41, 5.74) is 4.22. The van der Waals surface area contributed by atoms with Gasteiger partial charge < -0.3 is 14.7 Å². The molecule has 0 unspecified atom stereocenters. The summed E-state index contributed by atoms with van der Waals surface area (Å²) < 4.78 is 5.75. The molecule has 2 aromatic heterocycles. The van der Waals surface area contributed by atoms with Crippen molar-refractivity contribution in [3.05, 3.63) is 60.1 Å². The molecule has 0 aliphatic carbocycles. The molecule has 0 saturated carbocycles. The lowest BCUT2D eigenvalue weighted by Gasteiger charge is -2.04. The molecule has 25 heavy (non-hydrogen) atoms. The van der Waals surface area contributed by atoms with E-state index in [1.54, 1.807) is 0 Å². The summed E-state index contributed by atoms with van der Waals surface area (Å²) >= 11 is 0. The lowest BCUT2D eigenvalue weighted by Crippen LogP contribution is -2.14. The molecule has 2 N–H and O–H groups in total. The number of H-pyrrole nitrogens is 1. The van der Waals surface area contributed by atoms with E-state index in [1.165, 1.54) is 0 Å². The molecule has 2 heterocycles. The van der Waals surface area contributed by atoms with Crippen molar-refractivity contribution in [1.29, 1.82) is 0 Å². The van der Waals surface area contributed by atoms with Crippen molar-refractivity contribution >= 4 is 33.6 Å². The molecule has 0 bridgehead atoms. The maximum Gasteiger partial charge on any atom is 0.228 e. The molecule has 126 valence electrons. The lowest BCUT2D eigenvalue weighted by atomic mass is 10.1. The molecule has 0 spiro atoms. The number of oxazole rings is 1. The van der Waals surface area contributed by atoms with Crippen LogP contribution in [0.4, 0.5) is 5.69 Å². The van der Waals surface area contributed by atoms with Gasteiger partial charge in [-0.1, -0.05) is 32.0 Å². The second-order valence-corrected chi connectivity index (χ2v) is 6.47. The topological polar surface area (TPSA) is 70.9 Å². The van der Waals surface area contributed by atoms with E-state index in [0.717, 1.165) is 22.0 Å². The van der Waals surface area contributed by atoms with Gasteiger partial charge in [0.25, 0.3) is 0 Å². The summed E-state index contributed by atoms with van der Waals surface area (Å²) in [6, 6.07) is 13.5. The molecule has 0 radical (unpaired) electrons. The Balaban J connectivity index is 1.53. The number of carbonyl (C=O) groups is 1. The number of nitrogens with zero attached hydrogens (tertiary/aromatic N) is 1. The van der Waals surface area contributed by atoms with Crippen molar-refractivity contribution in [2.75, 3.05) is 5.32 Å². The van der Waals surface area contributed by atoms with Gasteiger partial charge in [-0.05, 0) is 23.8 Å². The predicted molar refractivity (Wildman–Crippen MR) is 98.7 cm³/mol. The van der Waals surface area contributed by atoms with E-state index in [9.17, 15) is 4.79 Å². The van der Waals surface area contributed by atoms with Crippen LogP contribution in [0.3, 0.4) is 0 Å². The number of nitrogens with one attached hydrogen (secondary N) is 2. The number of benzene rings is 2. The molecule has 0 aliphatic rings. The van der Waals surface area contributed by atoms with Crippen LogP contribution in [0.2, 0.25) is 0 Å². The van der Waals surface area contributed by atoms with Crippen LogP contribution in [0, 0.1) is 0 Å². The Morgan fingerprint density at radius 3 is 2.92 bits per heavy atom. The Hall–Kier alpha value is -3.08. The third-order valence-corrected chi connectivity index (χ3v) is 4.21. The average Bonchev–Trinajstić information content (AvgIpc) is 3.19. The molecule has 4 aromatic rings. The second-order valence-electron chi connectivity index (χ2n) is 6.47. The van der Waals surface area contributed by atoms with Gasteiger partial charge in [-0.2, -0.15) is 0 Å². The van der Waals surface area contributed by atoms with Crippen LogP contribution in [-0.2, 0) is 11.2 Å². The van der Waals surface area contributed by atoms with E-state index < -0.39 is 0 Å². The van der Waals surface area contributed by atoms with E-state index in [2.05, 4.69) is 15.3 Å². The van der Waals surface area contributed by atoms with Gasteiger partial charge in [0.15, 0.2) is 11.5 Å². The van der Waals surface area contributed by atoms with Crippen LogP contribution < -0.4 is 5.32 Å². The molecule has 4 rings (SSSR count). The van der Waals surface area contributed by atoms with Crippen LogP contribution in [0.5, 0.6) is 0 Å². The highest BCUT2D eigenvalue weighted by molar-refractivity contribution is 5.96. The highest BCUT2D eigenvalue weighted by Crippen LogP contribution is 2.24. The zero-order chi connectivity index (χ0) is 17.4. The fourth-order valence-electron chi connectivity index (χ4n) is 2.92. The van der Waals surface area contributed by atoms with E-state index in [4.69, 9.17) is 4.42 Å². The maximum absolute atomic E-state index is 12.4. The summed E-state index contributed by atoms with van der Waals surface area (Å²) in [4.78, 5) is 20.0. The predicted octanol–water partition coefficient (Wildman–Crippen LogP) is 4.61. The number of aromatic nitrogens is 2. The number of amides is 1. The first-order chi connectivity index (χ1) is 12.1. The van der Waals surface area contributed by atoms with Crippen LogP contribution in [0.1, 0.15) is 31.2 Å². The molecule has 5 heteroatoms. The number of para-hydroxylation sites is 1. The summed E-state index contributed by atoms with van der Waals surface area (Å²) in [5, 5.41) is 4.01. The van der Waals surface area contributed by atoms with Gasteiger partial charge in [-0.25, -0.2) is 4.98 Å². The standard InChI is InChI=1S/C20H19N3O2/c1-12(2)20-23-17-8-7-14(10-18(17)25-20)22-19(24)9-13-11-21-16-6-4-3-5-15(13)16/h3-8,10-12,21H,9H2,1-2H3,(H,22,24). The van der Waals surface area contributed by atoms with E-state index in [1.807, 2.05) is 62.5 Å². The smallest absolute Gasteiger partial charge is 0.228 e. The lowest BCUT2D eigenvalue weighted by molar-refractivity contribution is -0.115. The van der Waals surface area contributed by atoms with Gasteiger partial charge >= 0.3 is 0 Å². The van der Waals surface area contributed by atoms with E-state index in [0.29, 0.717) is 23.6 Å². The summed E-state index contributed by atoms with van der Waals surface area (Å²) in [6.45, 7) is 4.07. The Morgan fingerprint density at radius 2 is 2.08 bits per heavy atom. The number of rotatable bonds is 4. The number of hydrogen-bond donors (Lipinski definition) is 2. The Morgan fingerprint density at radius 1 is 1.24 bits per heavy atom. The molecule has 0 aliphatic heterocycles. The van der Waals surface area contributed by atoms with E-state index >= 15 is 0 Å². The third kappa shape index (κ3) is 3.01. The maximum atomic E-state index is 12.4. The Labute approximate surface area is 145 Å². The minimum absolute atomic E-state index is 0.0623. The fourth-order valence-corrected chi connectivity index (χ4v) is 2.92. The number of aromatic amines is 1. The zero-order valence-corrected chi connectivity index (χ0v) is 14.2. The van der Waals surface area contributed by atoms with Gasteiger partial charge in [0.1, 0.15) is 5.52 Å². The molecule has 2 aromatic carbocycles. The number of carbonyl (C=O) groups excluding carboxylic acids is 1. The Kier molecular flexibility index (Phi) is 3.76. The molecular weight excluding hydrogens is 314 g/mol. The number of hydrogen-bond acceptors (Lipinski definition) is 3. The normalized spacial score (nSPS) is 11.5. The third-order valence-electron chi connectivity index (χ3n) is 4.21. The van der Waals surface area contributed by atoms with Crippen LogP contribution in [0.15, 0.2) is 53.1 Å². The number of anilines is 1. The monoisotopic (exact) mass is 333 g/mol. The highest BCUT2D eigenvalue weighted by atomic mass is 16.3. The molecule has 0 atom stereocenters. The Bertz CT molecular complexity index is 1060. The molecule has 0 fully saturated rings. The first kappa shape index (κ1) is 15.4. The van der Waals surface area contributed by atoms with Gasteiger partial charge in [-0.15, -0.1) is 0 Å². The minimum atomic E-state index is -0.0623. The van der Waals surface area contributed by atoms with Gasteiger partial charge in [-0.3, -0.25) is 4.79 Å². The summed E-state index contributed by atoms with van der Waals surface area (Å²) in [5.74, 6) is 0.872. The van der Waals surface area contributed by atoms with Crippen LogP contribution in [0.25, 0.3) is 22.0 Å². The van der Waals surface area contributed by atoms with Crippen LogP contribution >= 0.6 is 0 Å². The van der Waals surface area contributed by atoms with Crippen molar-refractivity contribution in [2.24, 2.45) is 0 Å². The minimum Gasteiger partial charge on any atom is -0.440 e. The van der Waals surface area contributed by atoms with Crippen molar-refractivity contribution in [3.63, 3.8) is 0 Å². The van der Waals surface area contributed by atoms with Crippen molar-refractivity contribution in [2.45, 2.75) is 26.2 Å². The molecule has 0 saturated heterocycles. The van der Waals surface area contributed by atoms with Crippen molar-refractivity contribution in [1.82, 2.24) is 9.97 Å². The summed E-state index contributed by atoms with van der Waals surface area (Å²) in [6.07, 6.45) is 2.20. The first-order valence-electron chi connectivity index (χ1n) is 8.35. The molecular formula is C20H19N3O2. The second kappa shape index (κ2) is 6.09. The molecule has 5 nitrogen and oxygen atoms in total. The SMILES string of the molecule is CC(C)c1nc2ccc(NC(=O)Cc3c[nH]c4ccccc34)cc2o1. The average molecular weight is 333 g/mol. The summed E-state index contributed by atoms with van der Waals surface area (Å²) in [7, 11) is 0. The highest BCUT2D eigenvalue weighted by Gasteiger charge is 2.12. The van der Waals surface area contributed by atoms with Crippen molar-refractivity contribution < 1.29 is 9.21 Å². The molecule has 1 amide bonds. The quantitative estimate of drug-likeness (QED) is 0.573. The largest absolute Gasteiger partial charge is 0.440 e. The van der Waals surface area contributed by atoms with Crippen molar-refractivity contribution in [3.8, 4) is 0 Å².